The van der Waals surface area contributed by atoms with E-state index in [9.17, 15) is 0 Å². The molecule has 1 unspecified atom stereocenters. The van der Waals surface area contributed by atoms with Crippen molar-refractivity contribution in [3.8, 4) is 0 Å². The number of nitrogens with one attached hydrogen (secondary N) is 1. The van der Waals surface area contributed by atoms with Crippen molar-refractivity contribution in [2.24, 2.45) is 0 Å². The first-order valence-corrected chi connectivity index (χ1v) is 7.77. The van der Waals surface area contributed by atoms with Gasteiger partial charge in [-0.15, -0.1) is 0 Å². The third-order valence-corrected chi connectivity index (χ3v) is 4.97. The Bertz CT molecular complexity index is 624. The first-order chi connectivity index (χ1) is 9.54. The number of fused-ring (bicyclic) bond motifs is 2. The molecule has 0 amide bonds. The van der Waals surface area contributed by atoms with Gasteiger partial charge >= 0.3 is 0 Å². The maximum Gasteiger partial charge on any atom is 0.126 e. The van der Waals surface area contributed by atoms with Crippen LogP contribution >= 0.6 is 11.8 Å². The smallest absolute Gasteiger partial charge is 0.126 e. The number of anilines is 1. The maximum absolute atomic E-state index is 2.39. The minimum Gasteiger partial charge on any atom is -0.378 e. The summed E-state index contributed by atoms with van der Waals surface area (Å²) in [6.07, 6.45) is 9.25. The van der Waals surface area contributed by atoms with Crippen molar-refractivity contribution in [1.29, 1.82) is 0 Å². The Hall–Kier alpha value is -1.45. The lowest BCUT2D eigenvalue weighted by Crippen LogP contribution is -3.09. The van der Waals surface area contributed by atoms with Gasteiger partial charge in [0.1, 0.15) is 6.04 Å². The Labute approximate surface area is 125 Å². The third kappa shape index (κ3) is 2.43. The van der Waals surface area contributed by atoms with Crippen molar-refractivity contribution < 1.29 is 4.90 Å². The monoisotopic (exact) mass is 285 g/mol. The number of hydrogen-bond acceptors (Lipinski definition) is 2. The fraction of sp³-hybridized carbons (Fsp3) is 0.294. The van der Waals surface area contributed by atoms with Gasteiger partial charge in [0.15, 0.2) is 0 Å². The lowest BCUT2D eigenvalue weighted by atomic mass is 10.0. The highest BCUT2D eigenvalue weighted by molar-refractivity contribution is 8.03. The standard InChI is InChI=1S/C17H20N2S/c1-18(2)14-7-5-12-9-13-6-8-15(19(3)4)11-17(13)20-16(12)10-14/h5-11,14H,1-4H3/p+1. The van der Waals surface area contributed by atoms with E-state index in [0.717, 1.165) is 0 Å². The van der Waals surface area contributed by atoms with Crippen LogP contribution < -0.4 is 9.80 Å². The first kappa shape index (κ1) is 13.5. The Morgan fingerprint density at radius 3 is 2.70 bits per heavy atom. The number of rotatable bonds is 2. The van der Waals surface area contributed by atoms with Crippen molar-refractivity contribution >= 4 is 23.5 Å². The van der Waals surface area contributed by atoms with E-state index in [1.807, 2.05) is 11.8 Å². The minimum atomic E-state index is 0.480. The molecule has 104 valence electrons. The summed E-state index contributed by atoms with van der Waals surface area (Å²) in [5.74, 6) is 0. The van der Waals surface area contributed by atoms with E-state index >= 15 is 0 Å². The molecular formula is C17H21N2S+. The SMILES string of the molecule is CN(C)c1ccc2c(c1)SC1=CC([NH+](C)C)C=CC1=C2. The van der Waals surface area contributed by atoms with Gasteiger partial charge in [0, 0.05) is 29.6 Å². The zero-order chi connectivity index (χ0) is 14.3. The van der Waals surface area contributed by atoms with E-state index in [1.54, 1.807) is 0 Å². The van der Waals surface area contributed by atoms with Crippen molar-refractivity contribution in [1.82, 2.24) is 0 Å². The highest BCUT2D eigenvalue weighted by Gasteiger charge is 2.21. The normalized spacial score (nSPS) is 20.1. The molecule has 20 heavy (non-hydrogen) atoms. The second kappa shape index (κ2) is 5.15. The van der Waals surface area contributed by atoms with E-state index in [0.29, 0.717) is 6.04 Å². The number of hydrogen-bond donors (Lipinski definition) is 1. The lowest BCUT2D eigenvalue weighted by molar-refractivity contribution is -0.871. The summed E-state index contributed by atoms with van der Waals surface area (Å²) < 4.78 is 0. The van der Waals surface area contributed by atoms with Crippen LogP contribution in [0.25, 0.3) is 6.08 Å². The molecule has 1 aromatic rings. The zero-order valence-corrected chi connectivity index (χ0v) is 13.3. The van der Waals surface area contributed by atoms with Crippen molar-refractivity contribution in [2.45, 2.75) is 10.9 Å². The average molecular weight is 285 g/mol. The molecular weight excluding hydrogens is 264 g/mol. The molecule has 0 saturated heterocycles. The van der Waals surface area contributed by atoms with Gasteiger partial charge < -0.3 is 9.80 Å². The largest absolute Gasteiger partial charge is 0.378 e. The van der Waals surface area contributed by atoms with E-state index in [4.69, 9.17) is 0 Å². The number of nitrogens with zero attached hydrogens (tertiary/aromatic N) is 1. The van der Waals surface area contributed by atoms with E-state index in [-0.39, 0.29) is 0 Å². The van der Waals surface area contributed by atoms with E-state index in [1.165, 1.54) is 31.5 Å². The molecule has 1 N–H and O–H groups in total. The molecule has 0 radical (unpaired) electrons. The average Bonchev–Trinajstić information content (AvgIpc) is 2.43. The summed E-state index contributed by atoms with van der Waals surface area (Å²) >= 11 is 1.90. The molecule has 0 aromatic heterocycles. The van der Waals surface area contributed by atoms with Crippen LogP contribution in [-0.4, -0.2) is 34.2 Å². The van der Waals surface area contributed by atoms with Crippen LogP contribution in [0.2, 0.25) is 0 Å². The quantitative estimate of drug-likeness (QED) is 0.891. The van der Waals surface area contributed by atoms with Gasteiger partial charge in [-0.05, 0) is 41.5 Å². The second-order valence-electron chi connectivity index (χ2n) is 5.81. The molecule has 0 bridgehead atoms. The molecule has 1 aliphatic carbocycles. The van der Waals surface area contributed by atoms with Gasteiger partial charge in [0.05, 0.1) is 14.1 Å². The zero-order valence-electron chi connectivity index (χ0n) is 12.5. The van der Waals surface area contributed by atoms with Gasteiger partial charge in [-0.2, -0.15) is 0 Å². The van der Waals surface area contributed by atoms with Gasteiger partial charge in [0.2, 0.25) is 0 Å². The maximum atomic E-state index is 2.39. The molecule has 1 heterocycles. The highest BCUT2D eigenvalue weighted by atomic mass is 32.2. The molecule has 1 atom stereocenters. The number of likely N-dealkylation sites (N-methyl/N-ethyl adjacent to an activating group) is 1. The van der Waals surface area contributed by atoms with Gasteiger partial charge in [-0.3, -0.25) is 0 Å². The van der Waals surface area contributed by atoms with Crippen LogP contribution in [0, 0.1) is 0 Å². The molecule has 1 aromatic carbocycles. The summed E-state index contributed by atoms with van der Waals surface area (Å²) in [7, 11) is 8.58. The van der Waals surface area contributed by atoms with Crippen molar-refractivity contribution in [2.75, 3.05) is 33.1 Å². The van der Waals surface area contributed by atoms with Crippen LogP contribution in [0.15, 0.2) is 51.8 Å². The molecule has 2 nitrogen and oxygen atoms in total. The van der Waals surface area contributed by atoms with Gasteiger partial charge in [-0.1, -0.05) is 23.9 Å². The van der Waals surface area contributed by atoms with Crippen LogP contribution in [0.3, 0.4) is 0 Å². The molecule has 2 aliphatic rings. The predicted molar refractivity (Wildman–Crippen MR) is 88.4 cm³/mol. The predicted octanol–water partition coefficient (Wildman–Crippen LogP) is 2.21. The molecule has 3 heteroatoms. The van der Waals surface area contributed by atoms with Crippen molar-refractivity contribution in [3.05, 3.63) is 52.5 Å². The van der Waals surface area contributed by atoms with Crippen LogP contribution in [0.4, 0.5) is 5.69 Å². The first-order valence-electron chi connectivity index (χ1n) is 6.96. The Morgan fingerprint density at radius 2 is 2.00 bits per heavy atom. The Morgan fingerprint density at radius 1 is 1.20 bits per heavy atom. The lowest BCUT2D eigenvalue weighted by Gasteiger charge is -2.25. The summed E-state index contributed by atoms with van der Waals surface area (Å²) in [6, 6.07) is 7.17. The second-order valence-corrected chi connectivity index (χ2v) is 6.90. The van der Waals surface area contributed by atoms with E-state index in [2.05, 4.69) is 75.6 Å². The molecule has 0 saturated carbocycles. The fourth-order valence-electron chi connectivity index (χ4n) is 2.47. The number of quaternary nitrogens is 1. The highest BCUT2D eigenvalue weighted by Crippen LogP contribution is 2.43. The number of allylic oxidation sites excluding steroid dienone is 2. The molecule has 3 rings (SSSR count). The topological polar surface area (TPSA) is 7.68 Å². The number of thioether (sulfide) groups is 1. The van der Waals surface area contributed by atoms with E-state index < -0.39 is 0 Å². The van der Waals surface area contributed by atoms with Gasteiger partial charge in [-0.25, -0.2) is 0 Å². The molecule has 0 fully saturated rings. The summed E-state index contributed by atoms with van der Waals surface area (Å²) in [4.78, 5) is 6.35. The molecule has 1 aliphatic heterocycles. The van der Waals surface area contributed by atoms with Crippen LogP contribution in [-0.2, 0) is 0 Å². The fourth-order valence-corrected chi connectivity index (χ4v) is 3.59. The molecule has 0 spiro atoms. The Balaban J connectivity index is 1.99. The van der Waals surface area contributed by atoms with Crippen LogP contribution in [0.5, 0.6) is 0 Å². The minimum absolute atomic E-state index is 0.480. The summed E-state index contributed by atoms with van der Waals surface area (Å²) in [5, 5.41) is 0. The van der Waals surface area contributed by atoms with Crippen LogP contribution in [0.1, 0.15) is 5.56 Å². The van der Waals surface area contributed by atoms with Gasteiger partial charge in [0.25, 0.3) is 0 Å². The number of benzene rings is 1. The summed E-state index contributed by atoms with van der Waals surface area (Å²) in [6.45, 7) is 0. The Kier molecular flexibility index (Phi) is 3.48. The third-order valence-electron chi connectivity index (χ3n) is 3.81. The van der Waals surface area contributed by atoms with Crippen molar-refractivity contribution in [3.63, 3.8) is 0 Å². The summed E-state index contributed by atoms with van der Waals surface area (Å²) in [5.41, 5.74) is 3.93.